The maximum absolute atomic E-state index is 8.95. The highest BCUT2D eigenvalue weighted by Gasteiger charge is 1.97. The fourth-order valence-electron chi connectivity index (χ4n) is 1.64. The van der Waals surface area contributed by atoms with Gasteiger partial charge in [0.1, 0.15) is 11.5 Å². The molecule has 0 saturated heterocycles. The Morgan fingerprint density at radius 1 is 0.944 bits per heavy atom. The minimum Gasteiger partial charge on any atom is -0.457 e. The van der Waals surface area contributed by atoms with Crippen LogP contribution in [0.15, 0.2) is 54.6 Å². The Hall–Kier alpha value is -2.06. The number of hydrogen-bond acceptors (Lipinski definition) is 2. The van der Waals surface area contributed by atoms with E-state index in [0.29, 0.717) is 0 Å². The van der Waals surface area contributed by atoms with Gasteiger partial charge in [0, 0.05) is 0 Å². The Kier molecular flexibility index (Phi) is 4.15. The van der Waals surface area contributed by atoms with E-state index in [0.717, 1.165) is 22.6 Å². The first-order chi connectivity index (χ1) is 8.81. The van der Waals surface area contributed by atoms with Crippen LogP contribution in [-0.4, -0.2) is 5.11 Å². The Balaban J connectivity index is 2.08. The summed E-state index contributed by atoms with van der Waals surface area (Å²) in [6.45, 7) is 2.05. The second-order valence-electron chi connectivity index (χ2n) is 3.97. The number of hydrogen-bond donors (Lipinski definition) is 1. The minimum absolute atomic E-state index is 0.0539. The van der Waals surface area contributed by atoms with Crippen LogP contribution in [0.3, 0.4) is 0 Å². The molecule has 2 heteroatoms. The van der Waals surface area contributed by atoms with E-state index in [9.17, 15) is 0 Å². The maximum Gasteiger partial charge on any atom is 0.127 e. The summed E-state index contributed by atoms with van der Waals surface area (Å²) in [7, 11) is 0. The molecule has 0 amide bonds. The Labute approximate surface area is 107 Å². The number of aliphatic hydroxyl groups is 1. The number of ether oxygens (including phenoxy) is 1. The van der Waals surface area contributed by atoms with Gasteiger partial charge in [-0.2, -0.15) is 0 Å². The third-order valence-corrected chi connectivity index (χ3v) is 2.58. The van der Waals surface area contributed by atoms with E-state index in [1.165, 1.54) is 0 Å². The molecule has 0 fully saturated rings. The summed E-state index contributed by atoms with van der Waals surface area (Å²) >= 11 is 0. The summed E-state index contributed by atoms with van der Waals surface area (Å²) in [6, 6.07) is 15.3. The Morgan fingerprint density at radius 3 is 2.00 bits per heavy atom. The van der Waals surface area contributed by atoms with Gasteiger partial charge in [-0.05, 0) is 42.3 Å². The third-order valence-electron chi connectivity index (χ3n) is 2.58. The average molecular weight is 240 g/mol. The van der Waals surface area contributed by atoms with Crippen LogP contribution in [0.4, 0.5) is 0 Å². The van der Waals surface area contributed by atoms with E-state index in [2.05, 4.69) is 0 Å². The zero-order chi connectivity index (χ0) is 12.8. The van der Waals surface area contributed by atoms with Crippen molar-refractivity contribution in [1.82, 2.24) is 0 Å². The second kappa shape index (κ2) is 6.03. The quantitative estimate of drug-likeness (QED) is 0.875. The molecular weight excluding hydrogens is 224 g/mol. The monoisotopic (exact) mass is 240 g/mol. The van der Waals surface area contributed by atoms with E-state index in [1.54, 1.807) is 0 Å². The van der Waals surface area contributed by atoms with Gasteiger partial charge in [0.05, 0.1) is 6.61 Å². The lowest BCUT2D eigenvalue weighted by Gasteiger charge is -2.06. The van der Waals surface area contributed by atoms with Gasteiger partial charge in [0.25, 0.3) is 0 Å². The normalized spacial score (nSPS) is 10.8. The van der Waals surface area contributed by atoms with Crippen LogP contribution >= 0.6 is 0 Å². The predicted octanol–water partition coefficient (Wildman–Crippen LogP) is 4.00. The van der Waals surface area contributed by atoms with E-state index in [4.69, 9.17) is 9.84 Å². The van der Waals surface area contributed by atoms with Crippen molar-refractivity contribution in [2.75, 3.05) is 0 Å². The molecule has 0 bridgehead atoms. The highest BCUT2D eigenvalue weighted by molar-refractivity contribution is 5.50. The number of rotatable bonds is 4. The van der Waals surface area contributed by atoms with E-state index < -0.39 is 0 Å². The second-order valence-corrected chi connectivity index (χ2v) is 3.97. The summed E-state index contributed by atoms with van der Waals surface area (Å²) in [6.07, 6.45) is 4.04. The molecule has 2 rings (SSSR count). The molecule has 0 aliphatic carbocycles. The van der Waals surface area contributed by atoms with Crippen molar-refractivity contribution in [2.45, 2.75) is 13.5 Å². The molecule has 0 aliphatic heterocycles. The van der Waals surface area contributed by atoms with Gasteiger partial charge in [0.15, 0.2) is 0 Å². The van der Waals surface area contributed by atoms with Crippen molar-refractivity contribution < 1.29 is 9.84 Å². The van der Waals surface area contributed by atoms with Crippen molar-refractivity contribution in [1.29, 1.82) is 0 Å². The number of allylic oxidation sites excluding steroid dienone is 1. The molecular formula is C16H16O2. The van der Waals surface area contributed by atoms with Crippen molar-refractivity contribution >= 4 is 6.08 Å². The molecule has 0 heterocycles. The van der Waals surface area contributed by atoms with Gasteiger partial charge in [-0.15, -0.1) is 0 Å². The van der Waals surface area contributed by atoms with Crippen LogP contribution in [-0.2, 0) is 6.61 Å². The molecule has 2 aromatic rings. The first-order valence-electron chi connectivity index (χ1n) is 5.92. The molecule has 18 heavy (non-hydrogen) atoms. The molecule has 0 unspecified atom stereocenters. The summed E-state index contributed by atoms with van der Waals surface area (Å²) in [5.41, 5.74) is 2.03. The molecule has 2 nitrogen and oxygen atoms in total. The maximum atomic E-state index is 8.95. The molecule has 0 saturated carbocycles. The summed E-state index contributed by atoms with van der Waals surface area (Å²) in [5, 5.41) is 8.95. The number of benzene rings is 2. The van der Waals surface area contributed by atoms with Gasteiger partial charge in [-0.25, -0.2) is 0 Å². The van der Waals surface area contributed by atoms with Crippen LogP contribution in [0, 0.1) is 0 Å². The fraction of sp³-hybridized carbons (Fsp3) is 0.125. The van der Waals surface area contributed by atoms with E-state index >= 15 is 0 Å². The van der Waals surface area contributed by atoms with Crippen molar-refractivity contribution in [3.63, 3.8) is 0 Å². The van der Waals surface area contributed by atoms with Crippen LogP contribution in [0.25, 0.3) is 6.08 Å². The Bertz CT molecular complexity index is 510. The van der Waals surface area contributed by atoms with Crippen molar-refractivity contribution in [3.05, 3.63) is 65.7 Å². The topological polar surface area (TPSA) is 29.5 Å². The predicted molar refractivity (Wildman–Crippen MR) is 73.6 cm³/mol. The lowest BCUT2D eigenvalue weighted by atomic mass is 10.2. The van der Waals surface area contributed by atoms with Crippen molar-refractivity contribution in [2.24, 2.45) is 0 Å². The zero-order valence-electron chi connectivity index (χ0n) is 10.3. The summed E-state index contributed by atoms with van der Waals surface area (Å²) in [4.78, 5) is 0. The van der Waals surface area contributed by atoms with Gasteiger partial charge < -0.3 is 9.84 Å². The molecule has 92 valence electrons. The highest BCUT2D eigenvalue weighted by Crippen LogP contribution is 2.22. The van der Waals surface area contributed by atoms with Crippen molar-refractivity contribution in [3.8, 4) is 11.5 Å². The van der Waals surface area contributed by atoms with Gasteiger partial charge in [-0.1, -0.05) is 36.4 Å². The third kappa shape index (κ3) is 3.22. The first-order valence-corrected chi connectivity index (χ1v) is 5.92. The van der Waals surface area contributed by atoms with Crippen LogP contribution < -0.4 is 4.74 Å². The fourth-order valence-corrected chi connectivity index (χ4v) is 1.64. The van der Waals surface area contributed by atoms with E-state index in [-0.39, 0.29) is 6.61 Å². The molecule has 2 aromatic carbocycles. The van der Waals surface area contributed by atoms with Gasteiger partial charge in [0.2, 0.25) is 0 Å². The van der Waals surface area contributed by atoms with Crippen LogP contribution in [0.1, 0.15) is 18.1 Å². The highest BCUT2D eigenvalue weighted by atomic mass is 16.5. The summed E-state index contributed by atoms with van der Waals surface area (Å²) < 4.78 is 5.71. The summed E-state index contributed by atoms with van der Waals surface area (Å²) in [5.74, 6) is 1.57. The Morgan fingerprint density at radius 2 is 1.50 bits per heavy atom. The SMILES string of the molecule is CC=Cc1ccc(Oc2ccc(CO)cc2)cc1. The molecule has 0 aliphatic rings. The average Bonchev–Trinajstić information content (AvgIpc) is 2.42. The van der Waals surface area contributed by atoms with Crippen LogP contribution in [0.2, 0.25) is 0 Å². The largest absolute Gasteiger partial charge is 0.457 e. The van der Waals surface area contributed by atoms with E-state index in [1.807, 2.05) is 67.6 Å². The molecule has 0 aromatic heterocycles. The minimum atomic E-state index is 0.0539. The molecule has 0 spiro atoms. The standard InChI is InChI=1S/C16H16O2/c1-2-3-13-4-8-15(9-5-13)18-16-10-6-14(12-17)7-11-16/h2-11,17H,12H2,1H3. The smallest absolute Gasteiger partial charge is 0.127 e. The van der Waals surface area contributed by atoms with Gasteiger partial charge in [-0.3, -0.25) is 0 Å². The first kappa shape index (κ1) is 12.4. The molecule has 1 N–H and O–H groups in total. The lowest BCUT2D eigenvalue weighted by Crippen LogP contribution is -1.86. The molecule has 0 radical (unpaired) electrons. The zero-order valence-corrected chi connectivity index (χ0v) is 10.3. The van der Waals surface area contributed by atoms with Crippen LogP contribution in [0.5, 0.6) is 11.5 Å². The lowest BCUT2D eigenvalue weighted by molar-refractivity contribution is 0.281. The number of aliphatic hydroxyl groups excluding tert-OH is 1. The molecule has 0 atom stereocenters. The van der Waals surface area contributed by atoms with Gasteiger partial charge >= 0.3 is 0 Å².